The zero-order valence-electron chi connectivity index (χ0n) is 8.79. The predicted octanol–water partition coefficient (Wildman–Crippen LogP) is 1.02. The Morgan fingerprint density at radius 3 is 2.56 bits per heavy atom. The van der Waals surface area contributed by atoms with Crippen LogP contribution in [0.15, 0.2) is 18.2 Å². The summed E-state index contributed by atoms with van der Waals surface area (Å²) in [6.07, 6.45) is -2.12. The molecule has 0 spiro atoms. The third-order valence-corrected chi connectivity index (χ3v) is 2.85. The molecule has 0 heterocycles. The summed E-state index contributed by atoms with van der Waals surface area (Å²) in [5.74, 6) is -0.940. The second-order valence-corrected chi connectivity index (χ2v) is 3.88. The highest BCUT2D eigenvalue weighted by Crippen LogP contribution is 2.23. The van der Waals surface area contributed by atoms with Crippen LogP contribution in [0.25, 0.3) is 0 Å². The number of aliphatic hydroxyl groups is 2. The summed E-state index contributed by atoms with van der Waals surface area (Å²) < 4.78 is 0. The van der Waals surface area contributed by atoms with Gasteiger partial charge in [-0.05, 0) is 24.1 Å². The highest BCUT2D eigenvalue weighted by Gasteiger charge is 2.21. The number of hydrogen-bond acceptors (Lipinski definition) is 4. The van der Waals surface area contributed by atoms with Gasteiger partial charge in [-0.25, -0.2) is 4.79 Å². The Bertz CT molecular complexity index is 392. The van der Waals surface area contributed by atoms with E-state index in [0.29, 0.717) is 11.1 Å². The molecule has 5 heteroatoms. The smallest absolute Gasteiger partial charge is 0.335 e. The molecular weight excluding hydrogens is 228 g/mol. The maximum atomic E-state index is 10.9. The lowest BCUT2D eigenvalue weighted by Gasteiger charge is -2.19. The van der Waals surface area contributed by atoms with E-state index in [0.717, 1.165) is 0 Å². The molecule has 2 atom stereocenters. The summed E-state index contributed by atoms with van der Waals surface area (Å²) in [4.78, 5) is 10.9. The maximum Gasteiger partial charge on any atom is 0.335 e. The fourth-order valence-corrected chi connectivity index (χ4v) is 1.71. The number of thiol groups is 1. The van der Waals surface area contributed by atoms with E-state index in [1.54, 1.807) is 19.1 Å². The van der Waals surface area contributed by atoms with Gasteiger partial charge in [0.25, 0.3) is 0 Å². The normalized spacial score (nSPS) is 14.5. The average Bonchev–Trinajstić information content (AvgIpc) is 2.27. The van der Waals surface area contributed by atoms with Crippen LogP contribution < -0.4 is 0 Å². The Morgan fingerprint density at radius 2 is 2.06 bits per heavy atom. The number of hydrogen-bond donors (Lipinski definition) is 4. The van der Waals surface area contributed by atoms with Gasteiger partial charge in [-0.2, -0.15) is 12.6 Å². The minimum Gasteiger partial charge on any atom is -0.478 e. The van der Waals surface area contributed by atoms with Gasteiger partial charge in [-0.3, -0.25) is 0 Å². The first-order chi connectivity index (χ1) is 7.49. The first-order valence-electron chi connectivity index (χ1n) is 4.78. The molecule has 1 aromatic carbocycles. The maximum absolute atomic E-state index is 10.9. The Balaban J connectivity index is 3.15. The van der Waals surface area contributed by atoms with E-state index in [-0.39, 0.29) is 11.3 Å². The van der Waals surface area contributed by atoms with Gasteiger partial charge in [0, 0.05) is 5.75 Å². The van der Waals surface area contributed by atoms with Crippen molar-refractivity contribution in [3.63, 3.8) is 0 Å². The second-order valence-electron chi connectivity index (χ2n) is 3.52. The fourth-order valence-electron chi connectivity index (χ4n) is 1.51. The number of rotatable bonds is 4. The van der Waals surface area contributed by atoms with Gasteiger partial charge in [-0.1, -0.05) is 12.1 Å². The molecule has 0 aliphatic carbocycles. The standard InChI is InChI=1S/C11H14O4S/c1-6-7(10(13)9(12)5-16)3-2-4-8(6)11(14)15/h2-4,9-10,12-13,16H,5H2,1H3,(H,14,15). The van der Waals surface area contributed by atoms with E-state index >= 15 is 0 Å². The van der Waals surface area contributed by atoms with Crippen molar-refractivity contribution < 1.29 is 20.1 Å². The summed E-state index contributed by atoms with van der Waals surface area (Å²) in [5.41, 5.74) is 1.01. The lowest BCUT2D eigenvalue weighted by atomic mass is 9.96. The lowest BCUT2D eigenvalue weighted by Crippen LogP contribution is -2.21. The van der Waals surface area contributed by atoms with Crippen molar-refractivity contribution >= 4 is 18.6 Å². The van der Waals surface area contributed by atoms with Crippen LogP contribution in [-0.4, -0.2) is 33.1 Å². The van der Waals surface area contributed by atoms with Crippen molar-refractivity contribution in [3.05, 3.63) is 34.9 Å². The van der Waals surface area contributed by atoms with E-state index in [2.05, 4.69) is 12.6 Å². The molecule has 3 N–H and O–H groups in total. The van der Waals surface area contributed by atoms with E-state index in [1.165, 1.54) is 6.07 Å². The molecule has 0 aromatic heterocycles. The molecule has 1 rings (SSSR count). The molecule has 4 nitrogen and oxygen atoms in total. The third-order valence-electron chi connectivity index (χ3n) is 2.48. The fraction of sp³-hybridized carbons (Fsp3) is 0.364. The lowest BCUT2D eigenvalue weighted by molar-refractivity contribution is 0.0332. The Morgan fingerprint density at radius 1 is 1.44 bits per heavy atom. The van der Waals surface area contributed by atoms with Gasteiger partial charge in [-0.15, -0.1) is 0 Å². The van der Waals surface area contributed by atoms with Crippen LogP contribution in [0.1, 0.15) is 27.6 Å². The topological polar surface area (TPSA) is 77.8 Å². The van der Waals surface area contributed by atoms with Gasteiger partial charge in [0.1, 0.15) is 6.10 Å². The minimum absolute atomic E-state index is 0.109. The Kier molecular flexibility index (Phi) is 4.35. The molecular formula is C11H14O4S. The van der Waals surface area contributed by atoms with Crippen molar-refractivity contribution in [2.45, 2.75) is 19.1 Å². The van der Waals surface area contributed by atoms with Gasteiger partial charge in [0.15, 0.2) is 0 Å². The van der Waals surface area contributed by atoms with Crippen LogP contribution in [0.5, 0.6) is 0 Å². The molecule has 1 aromatic rings. The van der Waals surface area contributed by atoms with Gasteiger partial charge in [0.05, 0.1) is 11.7 Å². The van der Waals surface area contributed by atoms with Crippen LogP contribution >= 0.6 is 12.6 Å². The quantitative estimate of drug-likeness (QED) is 0.594. The molecule has 0 fully saturated rings. The third kappa shape index (κ3) is 2.55. The van der Waals surface area contributed by atoms with Gasteiger partial charge >= 0.3 is 5.97 Å². The number of aromatic carboxylic acids is 1. The first-order valence-corrected chi connectivity index (χ1v) is 5.42. The van der Waals surface area contributed by atoms with Crippen LogP contribution in [0.4, 0.5) is 0 Å². The summed E-state index contributed by atoms with van der Waals surface area (Å²) in [7, 11) is 0. The zero-order chi connectivity index (χ0) is 12.3. The van der Waals surface area contributed by atoms with E-state index in [4.69, 9.17) is 5.11 Å². The monoisotopic (exact) mass is 242 g/mol. The zero-order valence-corrected chi connectivity index (χ0v) is 9.69. The molecule has 0 amide bonds. The largest absolute Gasteiger partial charge is 0.478 e. The van der Waals surface area contributed by atoms with Crippen LogP contribution in [0.3, 0.4) is 0 Å². The first kappa shape index (κ1) is 13.0. The molecule has 16 heavy (non-hydrogen) atoms. The highest BCUT2D eigenvalue weighted by molar-refractivity contribution is 7.80. The number of carboxylic acids is 1. The molecule has 88 valence electrons. The van der Waals surface area contributed by atoms with Crippen LogP contribution in [0, 0.1) is 6.92 Å². The van der Waals surface area contributed by atoms with Crippen molar-refractivity contribution in [1.29, 1.82) is 0 Å². The summed E-state index contributed by atoms with van der Waals surface area (Å²) in [5, 5.41) is 28.2. The summed E-state index contributed by atoms with van der Waals surface area (Å²) in [6, 6.07) is 4.60. The highest BCUT2D eigenvalue weighted by atomic mass is 32.1. The molecule has 0 aliphatic rings. The minimum atomic E-state index is -1.11. The van der Waals surface area contributed by atoms with Gasteiger partial charge in [0.2, 0.25) is 0 Å². The molecule has 0 radical (unpaired) electrons. The number of carboxylic acid groups (broad SMARTS) is 1. The van der Waals surface area contributed by atoms with Crippen LogP contribution in [0.2, 0.25) is 0 Å². The molecule has 0 bridgehead atoms. The molecule has 0 saturated heterocycles. The van der Waals surface area contributed by atoms with Crippen molar-refractivity contribution in [2.24, 2.45) is 0 Å². The van der Waals surface area contributed by atoms with E-state index in [1.807, 2.05) is 0 Å². The summed E-state index contributed by atoms with van der Waals surface area (Å²) >= 11 is 3.88. The average molecular weight is 242 g/mol. The number of benzene rings is 1. The molecule has 0 saturated carbocycles. The van der Waals surface area contributed by atoms with Gasteiger partial charge < -0.3 is 15.3 Å². The Hall–Kier alpha value is -1.04. The second kappa shape index (κ2) is 5.34. The SMILES string of the molecule is Cc1c(C(=O)O)cccc1C(O)C(O)CS. The summed E-state index contributed by atoms with van der Waals surface area (Å²) in [6.45, 7) is 1.60. The van der Waals surface area contributed by atoms with Crippen molar-refractivity contribution in [2.75, 3.05) is 5.75 Å². The Labute approximate surface area is 99.0 Å². The number of carbonyl (C=O) groups is 1. The van der Waals surface area contributed by atoms with E-state index in [9.17, 15) is 15.0 Å². The van der Waals surface area contributed by atoms with E-state index < -0.39 is 18.2 Å². The van der Waals surface area contributed by atoms with Crippen molar-refractivity contribution in [1.82, 2.24) is 0 Å². The number of aliphatic hydroxyl groups excluding tert-OH is 2. The molecule has 0 aliphatic heterocycles. The molecule has 2 unspecified atom stereocenters. The predicted molar refractivity (Wildman–Crippen MR) is 63.0 cm³/mol. The van der Waals surface area contributed by atoms with Crippen LogP contribution in [-0.2, 0) is 0 Å². The van der Waals surface area contributed by atoms with Crippen molar-refractivity contribution in [3.8, 4) is 0 Å².